The molecule has 0 fully saturated rings. The Labute approximate surface area is 110 Å². The molecular weight excluding hydrogens is 254 g/mol. The Hall–Kier alpha value is -1.03. The van der Waals surface area contributed by atoms with Crippen LogP contribution in [-0.2, 0) is 6.54 Å². The molecule has 1 heterocycles. The van der Waals surface area contributed by atoms with E-state index in [0.717, 1.165) is 12.1 Å². The summed E-state index contributed by atoms with van der Waals surface area (Å²) in [6, 6.07) is 9.76. The van der Waals surface area contributed by atoms with Crippen LogP contribution >= 0.6 is 22.9 Å². The van der Waals surface area contributed by atoms with Crippen molar-refractivity contribution in [1.29, 1.82) is 0 Å². The van der Waals surface area contributed by atoms with E-state index >= 15 is 0 Å². The van der Waals surface area contributed by atoms with E-state index in [0.29, 0.717) is 11.1 Å². The van der Waals surface area contributed by atoms with Crippen molar-refractivity contribution in [3.63, 3.8) is 0 Å². The summed E-state index contributed by atoms with van der Waals surface area (Å²) >= 11 is 7.60. The molecule has 0 aliphatic rings. The van der Waals surface area contributed by atoms with Crippen LogP contribution in [0.4, 0.5) is 0 Å². The number of phenols is 1. The quantitative estimate of drug-likeness (QED) is 0.879. The van der Waals surface area contributed by atoms with Crippen molar-refractivity contribution in [3.8, 4) is 5.75 Å². The number of halogens is 1. The van der Waals surface area contributed by atoms with E-state index in [1.807, 2.05) is 6.07 Å². The van der Waals surface area contributed by atoms with Crippen molar-refractivity contribution >= 4 is 22.9 Å². The second-order valence-corrected chi connectivity index (χ2v) is 5.29. The van der Waals surface area contributed by atoms with Crippen LogP contribution in [-0.4, -0.2) is 5.11 Å². The topological polar surface area (TPSA) is 32.3 Å². The Bertz CT molecular complexity index is 484. The maximum Gasteiger partial charge on any atom is 0.134 e. The molecule has 0 saturated carbocycles. The molecule has 2 nitrogen and oxygen atoms in total. The minimum absolute atomic E-state index is 0.127. The summed E-state index contributed by atoms with van der Waals surface area (Å²) in [5.41, 5.74) is 1.07. The van der Waals surface area contributed by atoms with Gasteiger partial charge in [-0.25, -0.2) is 0 Å². The molecule has 0 aliphatic carbocycles. The van der Waals surface area contributed by atoms with Gasteiger partial charge in [0.2, 0.25) is 0 Å². The molecule has 2 rings (SSSR count). The maximum atomic E-state index is 9.32. The predicted octanol–water partition coefficient (Wildman–Crippen LogP) is 3.96. The molecule has 0 saturated heterocycles. The van der Waals surface area contributed by atoms with Gasteiger partial charge in [0.25, 0.3) is 0 Å². The molecule has 90 valence electrons. The number of thiophene rings is 1. The third kappa shape index (κ3) is 3.22. The zero-order chi connectivity index (χ0) is 12.3. The summed E-state index contributed by atoms with van der Waals surface area (Å²) in [5.74, 6) is 0.127. The normalized spacial score (nSPS) is 12.6. The van der Waals surface area contributed by atoms with Gasteiger partial charge in [-0.3, -0.25) is 0 Å². The van der Waals surface area contributed by atoms with Gasteiger partial charge in [0, 0.05) is 17.5 Å². The molecular formula is C13H14ClNOS. The first-order valence-corrected chi connectivity index (χ1v) is 6.67. The summed E-state index contributed by atoms with van der Waals surface area (Å²) in [5, 5.41) is 15.2. The molecule has 0 aliphatic heterocycles. The van der Waals surface area contributed by atoms with Gasteiger partial charge in [-0.2, -0.15) is 0 Å². The molecule has 17 heavy (non-hydrogen) atoms. The van der Waals surface area contributed by atoms with E-state index < -0.39 is 0 Å². The highest BCUT2D eigenvalue weighted by Crippen LogP contribution is 2.24. The lowest BCUT2D eigenvalue weighted by atomic mass is 10.2. The molecule has 0 radical (unpaired) electrons. The maximum absolute atomic E-state index is 9.32. The Kier molecular flexibility index (Phi) is 4.05. The van der Waals surface area contributed by atoms with Crippen molar-refractivity contribution in [2.75, 3.05) is 0 Å². The van der Waals surface area contributed by atoms with Crippen LogP contribution in [0.5, 0.6) is 5.75 Å². The zero-order valence-corrected chi connectivity index (χ0v) is 11.1. The monoisotopic (exact) mass is 267 g/mol. The largest absolute Gasteiger partial charge is 0.506 e. The predicted molar refractivity (Wildman–Crippen MR) is 72.7 cm³/mol. The van der Waals surface area contributed by atoms with Gasteiger partial charge in [0.05, 0.1) is 5.02 Å². The SMILES string of the molecule is C[C@@H](NCc1ccc(O)c(Cl)c1)c1cccs1. The Morgan fingerprint density at radius 2 is 2.24 bits per heavy atom. The van der Waals surface area contributed by atoms with Crippen LogP contribution in [0.15, 0.2) is 35.7 Å². The van der Waals surface area contributed by atoms with E-state index in [-0.39, 0.29) is 5.75 Å². The standard InChI is InChI=1S/C13H14ClNOS/c1-9(13-3-2-6-17-13)15-8-10-4-5-12(16)11(14)7-10/h2-7,9,15-16H,8H2,1H3/t9-/m1/s1. The molecule has 1 aromatic heterocycles. The minimum Gasteiger partial charge on any atom is -0.506 e. The molecule has 0 amide bonds. The molecule has 1 atom stereocenters. The first-order valence-electron chi connectivity index (χ1n) is 5.41. The number of hydrogen-bond acceptors (Lipinski definition) is 3. The molecule has 0 unspecified atom stereocenters. The third-order valence-corrected chi connectivity index (χ3v) is 3.95. The lowest BCUT2D eigenvalue weighted by molar-refractivity contribution is 0.475. The van der Waals surface area contributed by atoms with Crippen LogP contribution < -0.4 is 5.32 Å². The molecule has 0 spiro atoms. The second-order valence-electron chi connectivity index (χ2n) is 3.90. The van der Waals surface area contributed by atoms with Crippen molar-refractivity contribution in [2.24, 2.45) is 0 Å². The summed E-state index contributed by atoms with van der Waals surface area (Å²) in [7, 11) is 0. The van der Waals surface area contributed by atoms with Crippen LogP contribution in [0, 0.1) is 0 Å². The van der Waals surface area contributed by atoms with E-state index in [1.165, 1.54) is 4.88 Å². The molecule has 2 N–H and O–H groups in total. The van der Waals surface area contributed by atoms with Gasteiger partial charge >= 0.3 is 0 Å². The third-order valence-electron chi connectivity index (χ3n) is 2.59. The highest BCUT2D eigenvalue weighted by molar-refractivity contribution is 7.10. The van der Waals surface area contributed by atoms with Crippen LogP contribution in [0.2, 0.25) is 5.02 Å². The average molecular weight is 268 g/mol. The van der Waals surface area contributed by atoms with Gasteiger partial charge < -0.3 is 10.4 Å². The van der Waals surface area contributed by atoms with E-state index in [9.17, 15) is 5.11 Å². The molecule has 0 bridgehead atoms. The molecule has 2 aromatic rings. The van der Waals surface area contributed by atoms with E-state index in [2.05, 4.69) is 29.8 Å². The number of aromatic hydroxyl groups is 1. The summed E-state index contributed by atoms with van der Waals surface area (Å²) in [4.78, 5) is 1.31. The zero-order valence-electron chi connectivity index (χ0n) is 9.48. The van der Waals surface area contributed by atoms with Crippen molar-refractivity contribution in [1.82, 2.24) is 5.32 Å². The fraction of sp³-hybridized carbons (Fsp3) is 0.231. The first kappa shape index (κ1) is 12.4. The molecule has 4 heteroatoms. The lowest BCUT2D eigenvalue weighted by Gasteiger charge is -2.12. The number of hydrogen-bond donors (Lipinski definition) is 2. The lowest BCUT2D eigenvalue weighted by Crippen LogP contribution is -2.17. The van der Waals surface area contributed by atoms with Gasteiger partial charge in [-0.05, 0) is 36.1 Å². The van der Waals surface area contributed by atoms with Crippen LogP contribution in [0.25, 0.3) is 0 Å². The minimum atomic E-state index is 0.127. The van der Waals surface area contributed by atoms with Gasteiger partial charge in [0.1, 0.15) is 5.75 Å². The highest BCUT2D eigenvalue weighted by Gasteiger charge is 2.06. The van der Waals surface area contributed by atoms with E-state index in [4.69, 9.17) is 11.6 Å². The van der Waals surface area contributed by atoms with Crippen molar-refractivity contribution in [2.45, 2.75) is 19.5 Å². The van der Waals surface area contributed by atoms with E-state index in [1.54, 1.807) is 23.5 Å². The van der Waals surface area contributed by atoms with Crippen LogP contribution in [0.3, 0.4) is 0 Å². The Morgan fingerprint density at radius 1 is 1.41 bits per heavy atom. The molecule has 1 aromatic carbocycles. The summed E-state index contributed by atoms with van der Waals surface area (Å²) in [6.07, 6.45) is 0. The number of nitrogens with one attached hydrogen (secondary N) is 1. The second kappa shape index (κ2) is 5.54. The highest BCUT2D eigenvalue weighted by atomic mass is 35.5. The summed E-state index contributed by atoms with van der Waals surface area (Å²) < 4.78 is 0. The number of phenolic OH excluding ortho intramolecular Hbond substituents is 1. The van der Waals surface area contributed by atoms with Crippen molar-refractivity contribution in [3.05, 3.63) is 51.2 Å². The Balaban J connectivity index is 1.96. The Morgan fingerprint density at radius 3 is 2.88 bits per heavy atom. The first-order chi connectivity index (χ1) is 8.16. The smallest absolute Gasteiger partial charge is 0.134 e. The average Bonchev–Trinajstić information content (AvgIpc) is 2.84. The number of benzene rings is 1. The van der Waals surface area contributed by atoms with Crippen LogP contribution in [0.1, 0.15) is 23.4 Å². The van der Waals surface area contributed by atoms with Gasteiger partial charge in [-0.15, -0.1) is 11.3 Å². The van der Waals surface area contributed by atoms with Crippen molar-refractivity contribution < 1.29 is 5.11 Å². The summed E-state index contributed by atoms with van der Waals surface area (Å²) in [6.45, 7) is 2.87. The number of rotatable bonds is 4. The van der Waals surface area contributed by atoms with Gasteiger partial charge in [-0.1, -0.05) is 23.7 Å². The van der Waals surface area contributed by atoms with Gasteiger partial charge in [0.15, 0.2) is 0 Å². The fourth-order valence-corrected chi connectivity index (χ4v) is 2.53. The fourth-order valence-electron chi connectivity index (χ4n) is 1.57.